The molecular weight excluding hydrogens is 438 g/mol. The number of hydrogen-bond acceptors (Lipinski definition) is 7. The van der Waals surface area contributed by atoms with Crippen molar-refractivity contribution in [3.63, 3.8) is 0 Å². The van der Waals surface area contributed by atoms with Gasteiger partial charge in [0.1, 0.15) is 5.01 Å². The largest absolute Gasteiger partial charge is 0.450 e. The van der Waals surface area contributed by atoms with Crippen molar-refractivity contribution < 1.29 is 14.3 Å². The van der Waals surface area contributed by atoms with E-state index in [1.54, 1.807) is 23.2 Å². The van der Waals surface area contributed by atoms with Crippen LogP contribution in [0.1, 0.15) is 48.1 Å². The topological polar surface area (TPSA) is 78.0 Å². The van der Waals surface area contributed by atoms with E-state index in [0.29, 0.717) is 44.4 Å². The lowest BCUT2D eigenvalue weighted by Crippen LogP contribution is -2.50. The fraction of sp³-hybridized carbons (Fsp3) is 0.542. The highest BCUT2D eigenvalue weighted by atomic mass is 32.1. The summed E-state index contributed by atoms with van der Waals surface area (Å²) < 4.78 is 5.05. The lowest BCUT2D eigenvalue weighted by Gasteiger charge is -2.35. The van der Waals surface area contributed by atoms with Gasteiger partial charge in [-0.3, -0.25) is 4.79 Å². The minimum Gasteiger partial charge on any atom is -0.450 e. The SMILES string of the molecule is CCOC(=O)N1CCN(C(=O)c2ccc(N3CCC(N[C@H](C)c4nccs4)CC3)cc2)CC1. The van der Waals surface area contributed by atoms with Gasteiger partial charge in [-0.2, -0.15) is 0 Å². The zero-order valence-electron chi connectivity index (χ0n) is 19.4. The second kappa shape index (κ2) is 11.0. The molecule has 2 fully saturated rings. The summed E-state index contributed by atoms with van der Waals surface area (Å²) >= 11 is 1.70. The Balaban J connectivity index is 1.25. The molecular formula is C24H33N5O3S. The van der Waals surface area contributed by atoms with Gasteiger partial charge in [0, 0.05) is 68.1 Å². The van der Waals surface area contributed by atoms with Gasteiger partial charge in [0.05, 0.1) is 12.6 Å². The molecule has 3 heterocycles. The third-order valence-corrected chi connectivity index (χ3v) is 7.33. The van der Waals surface area contributed by atoms with E-state index < -0.39 is 0 Å². The average molecular weight is 472 g/mol. The van der Waals surface area contributed by atoms with Crippen molar-refractivity contribution in [3.05, 3.63) is 46.4 Å². The van der Waals surface area contributed by atoms with Gasteiger partial charge in [0.2, 0.25) is 0 Å². The Hall–Kier alpha value is -2.65. The molecule has 33 heavy (non-hydrogen) atoms. The van der Waals surface area contributed by atoms with E-state index in [-0.39, 0.29) is 18.0 Å². The molecule has 2 aliphatic rings. The van der Waals surface area contributed by atoms with Crippen molar-refractivity contribution in [2.75, 3.05) is 50.8 Å². The van der Waals surface area contributed by atoms with Crippen LogP contribution in [-0.4, -0.2) is 78.7 Å². The summed E-state index contributed by atoms with van der Waals surface area (Å²) in [6.07, 6.45) is 3.73. The first-order chi connectivity index (χ1) is 16.0. The van der Waals surface area contributed by atoms with Gasteiger partial charge < -0.3 is 24.8 Å². The average Bonchev–Trinajstić information content (AvgIpc) is 3.40. The quantitative estimate of drug-likeness (QED) is 0.696. The second-order valence-electron chi connectivity index (χ2n) is 8.55. The summed E-state index contributed by atoms with van der Waals surface area (Å²) in [6.45, 7) is 8.39. The van der Waals surface area contributed by atoms with Crippen LogP contribution in [0.2, 0.25) is 0 Å². The van der Waals surface area contributed by atoms with Crippen LogP contribution in [0, 0.1) is 0 Å². The van der Waals surface area contributed by atoms with Crippen LogP contribution in [0.25, 0.3) is 0 Å². The zero-order valence-corrected chi connectivity index (χ0v) is 20.2. The number of piperidine rings is 1. The van der Waals surface area contributed by atoms with Gasteiger partial charge in [-0.25, -0.2) is 9.78 Å². The minimum absolute atomic E-state index is 0.0177. The van der Waals surface area contributed by atoms with E-state index in [1.807, 2.05) is 40.7 Å². The lowest BCUT2D eigenvalue weighted by atomic mass is 10.0. The number of thiazole rings is 1. The maximum absolute atomic E-state index is 12.9. The van der Waals surface area contributed by atoms with E-state index in [1.165, 1.54) is 0 Å². The van der Waals surface area contributed by atoms with Crippen molar-refractivity contribution >= 4 is 29.0 Å². The van der Waals surface area contributed by atoms with Gasteiger partial charge >= 0.3 is 6.09 Å². The fourth-order valence-corrected chi connectivity index (χ4v) is 5.14. The standard InChI is InChI=1S/C24H33N5O3S/c1-3-32-24(31)29-15-13-28(14-16-29)23(30)19-4-6-21(7-5-19)27-11-8-20(9-12-27)26-18(2)22-25-10-17-33-22/h4-7,10,17-18,20,26H,3,8-9,11-16H2,1-2H3/t18-/m1/s1. The lowest BCUT2D eigenvalue weighted by molar-refractivity contribution is 0.0570. The maximum atomic E-state index is 12.9. The van der Waals surface area contributed by atoms with Gasteiger partial charge in [-0.15, -0.1) is 11.3 Å². The Kier molecular flexibility index (Phi) is 7.82. The van der Waals surface area contributed by atoms with Crippen molar-refractivity contribution in [3.8, 4) is 0 Å². The number of benzene rings is 1. The van der Waals surface area contributed by atoms with Crippen LogP contribution >= 0.6 is 11.3 Å². The highest BCUT2D eigenvalue weighted by molar-refractivity contribution is 7.09. The van der Waals surface area contributed by atoms with E-state index in [4.69, 9.17) is 4.74 Å². The number of piperazine rings is 1. The monoisotopic (exact) mass is 471 g/mol. The smallest absolute Gasteiger partial charge is 0.409 e. The van der Waals surface area contributed by atoms with Crippen LogP contribution in [-0.2, 0) is 4.74 Å². The predicted octanol–water partition coefficient (Wildman–Crippen LogP) is 3.38. The Morgan fingerprint density at radius 2 is 1.76 bits per heavy atom. The number of aromatic nitrogens is 1. The molecule has 0 spiro atoms. The molecule has 1 N–H and O–H groups in total. The molecule has 4 rings (SSSR count). The Morgan fingerprint density at radius 3 is 2.36 bits per heavy atom. The van der Waals surface area contributed by atoms with Crippen LogP contribution in [0.4, 0.5) is 10.5 Å². The molecule has 0 saturated carbocycles. The van der Waals surface area contributed by atoms with Crippen molar-refractivity contribution in [1.82, 2.24) is 20.1 Å². The van der Waals surface area contributed by atoms with Gasteiger partial charge in [0.15, 0.2) is 0 Å². The molecule has 0 bridgehead atoms. The number of rotatable bonds is 6. The normalized spacial score (nSPS) is 18.3. The molecule has 8 nitrogen and oxygen atoms in total. The van der Waals surface area contributed by atoms with Crippen LogP contribution in [0.3, 0.4) is 0 Å². The van der Waals surface area contributed by atoms with Crippen LogP contribution in [0.5, 0.6) is 0 Å². The Labute approximate surface area is 199 Å². The second-order valence-corrected chi connectivity index (χ2v) is 9.47. The number of ether oxygens (including phenoxy) is 1. The summed E-state index contributed by atoms with van der Waals surface area (Å²) in [5.41, 5.74) is 1.85. The molecule has 178 valence electrons. The first-order valence-electron chi connectivity index (χ1n) is 11.8. The Morgan fingerprint density at radius 1 is 1.09 bits per heavy atom. The molecule has 2 saturated heterocycles. The zero-order chi connectivity index (χ0) is 23.2. The van der Waals surface area contributed by atoms with Gasteiger partial charge in [-0.05, 0) is 51.0 Å². The number of hydrogen-bond donors (Lipinski definition) is 1. The molecule has 2 aromatic rings. The molecule has 2 amide bonds. The summed E-state index contributed by atoms with van der Waals surface area (Å²) in [4.78, 5) is 35.0. The number of nitrogens with one attached hydrogen (secondary N) is 1. The third kappa shape index (κ3) is 5.83. The molecule has 0 aliphatic carbocycles. The molecule has 0 unspecified atom stereocenters. The summed E-state index contributed by atoms with van der Waals surface area (Å²) in [5.74, 6) is 0.0177. The maximum Gasteiger partial charge on any atom is 0.409 e. The highest BCUT2D eigenvalue weighted by Gasteiger charge is 2.26. The summed E-state index contributed by atoms with van der Waals surface area (Å²) in [6, 6.07) is 8.72. The van der Waals surface area contributed by atoms with Gasteiger partial charge in [-0.1, -0.05) is 0 Å². The minimum atomic E-state index is -0.300. The molecule has 1 aromatic heterocycles. The van der Waals surface area contributed by atoms with Crippen LogP contribution < -0.4 is 10.2 Å². The molecule has 1 atom stereocenters. The molecule has 1 aromatic carbocycles. The van der Waals surface area contributed by atoms with Crippen molar-refractivity contribution in [2.24, 2.45) is 0 Å². The van der Waals surface area contributed by atoms with E-state index in [9.17, 15) is 9.59 Å². The van der Waals surface area contributed by atoms with Crippen molar-refractivity contribution in [2.45, 2.75) is 38.8 Å². The number of anilines is 1. The summed E-state index contributed by atoms with van der Waals surface area (Å²) in [7, 11) is 0. The van der Waals surface area contributed by atoms with E-state index in [2.05, 4.69) is 22.1 Å². The predicted molar refractivity (Wildman–Crippen MR) is 130 cm³/mol. The molecule has 0 radical (unpaired) electrons. The van der Waals surface area contributed by atoms with Crippen LogP contribution in [0.15, 0.2) is 35.8 Å². The third-order valence-electron chi connectivity index (χ3n) is 6.37. The van der Waals surface area contributed by atoms with Gasteiger partial charge in [0.25, 0.3) is 5.91 Å². The molecule has 2 aliphatic heterocycles. The number of carbonyl (C=O) groups excluding carboxylic acids is 2. The number of amides is 2. The Bertz CT molecular complexity index is 905. The number of nitrogens with zero attached hydrogens (tertiary/aromatic N) is 4. The van der Waals surface area contributed by atoms with E-state index >= 15 is 0 Å². The fourth-order valence-electron chi connectivity index (χ4n) is 4.48. The highest BCUT2D eigenvalue weighted by Crippen LogP contribution is 2.23. The molecule has 9 heteroatoms. The number of carbonyl (C=O) groups is 2. The first-order valence-corrected chi connectivity index (χ1v) is 12.6. The summed E-state index contributed by atoms with van der Waals surface area (Å²) in [5, 5.41) is 6.87. The van der Waals surface area contributed by atoms with Crippen molar-refractivity contribution in [1.29, 1.82) is 0 Å². The first kappa shape index (κ1) is 23.5. The van der Waals surface area contributed by atoms with E-state index in [0.717, 1.165) is 36.6 Å².